The summed E-state index contributed by atoms with van der Waals surface area (Å²) in [6.07, 6.45) is 3.51. The zero-order valence-electron chi connectivity index (χ0n) is 9.59. The van der Waals surface area contributed by atoms with Gasteiger partial charge < -0.3 is 4.98 Å². The van der Waals surface area contributed by atoms with Crippen molar-refractivity contribution >= 4 is 35.0 Å². The average Bonchev–Trinajstić information content (AvgIpc) is 2.84. The van der Waals surface area contributed by atoms with Gasteiger partial charge in [0.25, 0.3) is 0 Å². The van der Waals surface area contributed by atoms with Crippen molar-refractivity contribution < 1.29 is 0 Å². The molecule has 0 saturated carbocycles. The van der Waals surface area contributed by atoms with Gasteiger partial charge in [-0.15, -0.1) is 0 Å². The summed E-state index contributed by atoms with van der Waals surface area (Å²) >= 11 is 11.2. The van der Waals surface area contributed by atoms with Gasteiger partial charge in [0.2, 0.25) is 0 Å². The molecular weight excluding hydrogens is 270 g/mol. The Kier molecular flexibility index (Phi) is 2.68. The molecular formula is C11H10ClN5S. The Balaban J connectivity index is 2.11. The van der Waals surface area contributed by atoms with Crippen molar-refractivity contribution in [1.29, 1.82) is 0 Å². The van der Waals surface area contributed by atoms with Crippen LogP contribution in [0.3, 0.4) is 0 Å². The lowest BCUT2D eigenvalue weighted by Crippen LogP contribution is -2.02. The molecule has 92 valence electrons. The highest BCUT2D eigenvalue weighted by Crippen LogP contribution is 2.17. The highest BCUT2D eigenvalue weighted by Gasteiger charge is 2.08. The van der Waals surface area contributed by atoms with Crippen molar-refractivity contribution in [3.8, 4) is 0 Å². The third-order valence-corrected chi connectivity index (χ3v) is 3.19. The van der Waals surface area contributed by atoms with Crippen LogP contribution in [-0.2, 0) is 13.6 Å². The van der Waals surface area contributed by atoms with Crippen molar-refractivity contribution in [2.75, 3.05) is 0 Å². The molecule has 3 heterocycles. The van der Waals surface area contributed by atoms with Crippen LogP contribution in [0.1, 0.15) is 5.69 Å². The number of hydrogen-bond donors (Lipinski definition) is 1. The summed E-state index contributed by atoms with van der Waals surface area (Å²) < 4.78 is 4.28. The Morgan fingerprint density at radius 3 is 3.06 bits per heavy atom. The zero-order valence-corrected chi connectivity index (χ0v) is 11.2. The fourth-order valence-electron chi connectivity index (χ4n) is 1.87. The fraction of sp³-hybridized carbons (Fsp3) is 0.182. The number of imidazole rings is 1. The van der Waals surface area contributed by atoms with Crippen LogP contribution in [0.4, 0.5) is 0 Å². The molecule has 0 fully saturated rings. The van der Waals surface area contributed by atoms with Gasteiger partial charge in [-0.25, -0.2) is 4.98 Å². The van der Waals surface area contributed by atoms with Gasteiger partial charge in [-0.1, -0.05) is 11.6 Å². The molecule has 1 N–H and O–H groups in total. The van der Waals surface area contributed by atoms with Crippen molar-refractivity contribution in [2.45, 2.75) is 6.54 Å². The Morgan fingerprint density at radius 2 is 2.33 bits per heavy atom. The van der Waals surface area contributed by atoms with Gasteiger partial charge >= 0.3 is 0 Å². The van der Waals surface area contributed by atoms with Crippen molar-refractivity contribution in [3.63, 3.8) is 0 Å². The minimum Gasteiger partial charge on any atom is -0.329 e. The van der Waals surface area contributed by atoms with Crippen LogP contribution >= 0.6 is 23.8 Å². The van der Waals surface area contributed by atoms with E-state index in [-0.39, 0.29) is 0 Å². The first-order chi connectivity index (χ1) is 8.63. The number of nitrogens with zero attached hydrogens (tertiary/aromatic N) is 4. The monoisotopic (exact) mass is 279 g/mol. The van der Waals surface area contributed by atoms with Crippen LogP contribution in [-0.4, -0.2) is 24.3 Å². The molecule has 18 heavy (non-hydrogen) atoms. The van der Waals surface area contributed by atoms with Crippen molar-refractivity contribution in [2.24, 2.45) is 7.05 Å². The molecule has 0 aliphatic rings. The van der Waals surface area contributed by atoms with Gasteiger partial charge in [0, 0.05) is 19.4 Å². The molecule has 0 aromatic carbocycles. The summed E-state index contributed by atoms with van der Waals surface area (Å²) in [6, 6.07) is 3.77. The van der Waals surface area contributed by atoms with E-state index in [1.165, 1.54) is 0 Å². The average molecular weight is 280 g/mol. The molecule has 0 spiro atoms. The molecule has 3 aromatic heterocycles. The van der Waals surface area contributed by atoms with Crippen LogP contribution in [0, 0.1) is 4.77 Å². The second kappa shape index (κ2) is 4.22. The van der Waals surface area contributed by atoms with E-state index >= 15 is 0 Å². The minimum absolute atomic E-state index is 0.587. The first kappa shape index (κ1) is 11.4. The van der Waals surface area contributed by atoms with Crippen molar-refractivity contribution in [1.82, 2.24) is 24.3 Å². The summed E-state index contributed by atoms with van der Waals surface area (Å²) in [5.41, 5.74) is 2.56. The lowest BCUT2D eigenvalue weighted by atomic mass is 10.4. The van der Waals surface area contributed by atoms with Gasteiger partial charge in [0.05, 0.1) is 22.8 Å². The maximum Gasteiger partial charge on any atom is 0.179 e. The number of hydrogen-bond acceptors (Lipinski definition) is 3. The predicted octanol–water partition coefficient (Wildman–Crippen LogP) is 2.53. The van der Waals surface area contributed by atoms with E-state index in [4.69, 9.17) is 23.8 Å². The second-order valence-electron chi connectivity index (χ2n) is 4.02. The smallest absolute Gasteiger partial charge is 0.179 e. The Bertz CT molecular complexity index is 769. The number of pyridine rings is 1. The summed E-state index contributed by atoms with van der Waals surface area (Å²) in [4.78, 5) is 7.39. The standard InChI is InChI=1S/C11H10ClN5S/c1-16-3-2-8(15-16)6-17-10-9(14-11(17)18)4-7(12)5-13-10/h2-5H,6H2,1H3,(H,14,18). The highest BCUT2D eigenvalue weighted by molar-refractivity contribution is 7.71. The van der Waals surface area contributed by atoms with E-state index in [1.54, 1.807) is 10.9 Å². The first-order valence-electron chi connectivity index (χ1n) is 5.36. The van der Waals surface area contributed by atoms with Crippen molar-refractivity contribution in [3.05, 3.63) is 40.0 Å². The van der Waals surface area contributed by atoms with E-state index in [0.717, 1.165) is 16.9 Å². The highest BCUT2D eigenvalue weighted by atomic mass is 35.5. The molecule has 0 radical (unpaired) electrons. The topological polar surface area (TPSA) is 51.4 Å². The van der Waals surface area contributed by atoms with E-state index < -0.39 is 0 Å². The maximum absolute atomic E-state index is 5.90. The SMILES string of the molecule is Cn1ccc(Cn2c(=S)[nH]c3cc(Cl)cnc32)n1. The molecule has 0 aliphatic heterocycles. The minimum atomic E-state index is 0.587. The lowest BCUT2D eigenvalue weighted by molar-refractivity contribution is 0.708. The van der Waals surface area contributed by atoms with E-state index in [9.17, 15) is 0 Å². The number of fused-ring (bicyclic) bond motifs is 1. The van der Waals surface area contributed by atoms with Gasteiger partial charge in [-0.2, -0.15) is 5.10 Å². The molecule has 5 nitrogen and oxygen atoms in total. The molecule has 0 bridgehead atoms. The number of H-pyrrole nitrogens is 1. The summed E-state index contributed by atoms with van der Waals surface area (Å²) in [5, 5.41) is 4.92. The van der Waals surface area contributed by atoms with E-state index in [2.05, 4.69) is 15.1 Å². The number of aromatic nitrogens is 5. The van der Waals surface area contributed by atoms with E-state index in [1.807, 2.05) is 29.9 Å². The Labute approximate surface area is 113 Å². The summed E-state index contributed by atoms with van der Waals surface area (Å²) in [5.74, 6) is 0. The third kappa shape index (κ3) is 1.93. The molecule has 0 aliphatic carbocycles. The zero-order chi connectivity index (χ0) is 12.7. The van der Waals surface area contributed by atoms with Crippen LogP contribution < -0.4 is 0 Å². The van der Waals surface area contributed by atoms with Gasteiger partial charge in [-0.3, -0.25) is 9.25 Å². The number of aryl methyl sites for hydroxylation is 1. The normalized spacial score (nSPS) is 11.2. The van der Waals surface area contributed by atoms with Crippen LogP contribution in [0.2, 0.25) is 5.02 Å². The van der Waals surface area contributed by atoms with Gasteiger partial charge in [0.1, 0.15) is 0 Å². The quantitative estimate of drug-likeness (QED) is 0.734. The van der Waals surface area contributed by atoms with Gasteiger partial charge in [-0.05, 0) is 24.4 Å². The Morgan fingerprint density at radius 1 is 1.50 bits per heavy atom. The molecule has 0 amide bonds. The lowest BCUT2D eigenvalue weighted by Gasteiger charge is -2.00. The van der Waals surface area contributed by atoms with Gasteiger partial charge in [0.15, 0.2) is 10.4 Å². The number of halogens is 1. The third-order valence-electron chi connectivity index (χ3n) is 2.66. The Hall–Kier alpha value is -1.66. The van der Waals surface area contributed by atoms with E-state index in [0.29, 0.717) is 16.3 Å². The molecule has 0 unspecified atom stereocenters. The first-order valence-corrected chi connectivity index (χ1v) is 6.15. The number of aromatic amines is 1. The van der Waals surface area contributed by atoms with Crippen LogP contribution in [0.25, 0.3) is 11.2 Å². The largest absolute Gasteiger partial charge is 0.329 e. The summed E-state index contributed by atoms with van der Waals surface area (Å²) in [6.45, 7) is 0.592. The summed E-state index contributed by atoms with van der Waals surface area (Å²) in [7, 11) is 1.88. The molecule has 3 rings (SSSR count). The number of rotatable bonds is 2. The number of nitrogens with one attached hydrogen (secondary N) is 1. The molecule has 7 heteroatoms. The maximum atomic E-state index is 5.90. The predicted molar refractivity (Wildman–Crippen MR) is 72.2 cm³/mol. The molecule has 0 atom stereocenters. The fourth-order valence-corrected chi connectivity index (χ4v) is 2.29. The second-order valence-corrected chi connectivity index (χ2v) is 4.84. The molecule has 3 aromatic rings. The molecule has 0 saturated heterocycles. The van der Waals surface area contributed by atoms with Crippen LogP contribution in [0.15, 0.2) is 24.5 Å². The van der Waals surface area contributed by atoms with Crippen LogP contribution in [0.5, 0.6) is 0 Å².